The van der Waals surface area contributed by atoms with E-state index in [2.05, 4.69) is 21.4 Å². The van der Waals surface area contributed by atoms with Crippen molar-refractivity contribution in [3.63, 3.8) is 0 Å². The number of hydrogen-bond donors (Lipinski definition) is 0. The molecular weight excluding hydrogens is 273 g/mol. The monoisotopic (exact) mass is 285 g/mol. The highest BCUT2D eigenvalue weighted by molar-refractivity contribution is 7.10. The zero-order valence-electron chi connectivity index (χ0n) is 10.1. The van der Waals surface area contributed by atoms with E-state index in [4.69, 9.17) is 11.6 Å². The SMILES string of the molecule is C[C@@H](c1ccc(F)cc1)N(C)Cc1nnsc1Cl. The molecule has 0 saturated heterocycles. The number of halogens is 2. The van der Waals surface area contributed by atoms with E-state index in [1.807, 2.05) is 7.05 Å². The van der Waals surface area contributed by atoms with Crippen molar-refractivity contribution in [1.82, 2.24) is 14.5 Å². The van der Waals surface area contributed by atoms with E-state index >= 15 is 0 Å². The first kappa shape index (κ1) is 13.4. The number of rotatable bonds is 4. The van der Waals surface area contributed by atoms with Crippen molar-refractivity contribution < 1.29 is 4.39 Å². The van der Waals surface area contributed by atoms with Crippen LogP contribution in [0, 0.1) is 5.82 Å². The van der Waals surface area contributed by atoms with Crippen LogP contribution in [0.3, 0.4) is 0 Å². The third-order valence-electron chi connectivity index (χ3n) is 2.92. The van der Waals surface area contributed by atoms with Gasteiger partial charge in [-0.15, -0.1) is 5.10 Å². The summed E-state index contributed by atoms with van der Waals surface area (Å²) in [6.07, 6.45) is 0. The number of nitrogens with zero attached hydrogens (tertiary/aromatic N) is 3. The summed E-state index contributed by atoms with van der Waals surface area (Å²) in [5.74, 6) is -0.222. The maximum Gasteiger partial charge on any atom is 0.138 e. The average Bonchev–Trinajstić information content (AvgIpc) is 2.75. The molecule has 3 nitrogen and oxygen atoms in total. The third kappa shape index (κ3) is 3.04. The molecule has 18 heavy (non-hydrogen) atoms. The van der Waals surface area contributed by atoms with Gasteiger partial charge in [0.1, 0.15) is 15.8 Å². The predicted octanol–water partition coefficient (Wildman–Crippen LogP) is 3.52. The lowest BCUT2D eigenvalue weighted by atomic mass is 10.1. The molecule has 1 heterocycles. The van der Waals surface area contributed by atoms with Crippen molar-refractivity contribution >= 4 is 23.1 Å². The maximum atomic E-state index is 12.9. The van der Waals surface area contributed by atoms with E-state index in [1.54, 1.807) is 12.1 Å². The largest absolute Gasteiger partial charge is 0.294 e. The highest BCUT2D eigenvalue weighted by Crippen LogP contribution is 2.24. The number of benzene rings is 1. The Morgan fingerprint density at radius 1 is 1.39 bits per heavy atom. The van der Waals surface area contributed by atoms with Crippen LogP contribution in [0.1, 0.15) is 24.2 Å². The van der Waals surface area contributed by atoms with Gasteiger partial charge >= 0.3 is 0 Å². The molecule has 0 fully saturated rings. The minimum atomic E-state index is -0.222. The summed E-state index contributed by atoms with van der Waals surface area (Å²) >= 11 is 7.16. The zero-order valence-corrected chi connectivity index (χ0v) is 11.7. The van der Waals surface area contributed by atoms with Crippen LogP contribution in [-0.2, 0) is 6.54 Å². The van der Waals surface area contributed by atoms with E-state index in [-0.39, 0.29) is 11.9 Å². The van der Waals surface area contributed by atoms with Crippen molar-refractivity contribution in [2.45, 2.75) is 19.5 Å². The van der Waals surface area contributed by atoms with Gasteiger partial charge in [0.15, 0.2) is 0 Å². The van der Waals surface area contributed by atoms with E-state index in [0.29, 0.717) is 10.9 Å². The number of aromatic nitrogens is 2. The molecule has 1 atom stereocenters. The van der Waals surface area contributed by atoms with Crippen LogP contribution in [0.25, 0.3) is 0 Å². The van der Waals surface area contributed by atoms with Gasteiger partial charge in [0, 0.05) is 24.1 Å². The van der Waals surface area contributed by atoms with Crippen LogP contribution in [0.4, 0.5) is 4.39 Å². The van der Waals surface area contributed by atoms with Gasteiger partial charge < -0.3 is 0 Å². The molecule has 96 valence electrons. The summed E-state index contributed by atoms with van der Waals surface area (Å²) in [7, 11) is 1.98. The Morgan fingerprint density at radius 3 is 2.61 bits per heavy atom. The molecule has 0 aliphatic carbocycles. The van der Waals surface area contributed by atoms with Crippen molar-refractivity contribution in [1.29, 1.82) is 0 Å². The molecule has 1 aromatic carbocycles. The summed E-state index contributed by atoms with van der Waals surface area (Å²) in [5, 5.41) is 3.98. The fourth-order valence-electron chi connectivity index (χ4n) is 1.66. The molecule has 0 amide bonds. The lowest BCUT2D eigenvalue weighted by Gasteiger charge is -2.24. The highest BCUT2D eigenvalue weighted by Gasteiger charge is 2.15. The average molecular weight is 286 g/mol. The number of hydrogen-bond acceptors (Lipinski definition) is 4. The van der Waals surface area contributed by atoms with Gasteiger partial charge in [-0.2, -0.15) is 0 Å². The Hall–Kier alpha value is -1.04. The van der Waals surface area contributed by atoms with Crippen LogP contribution in [0.2, 0.25) is 4.34 Å². The predicted molar refractivity (Wildman–Crippen MR) is 71.2 cm³/mol. The van der Waals surface area contributed by atoms with Crippen molar-refractivity contribution in [3.05, 3.63) is 45.7 Å². The molecule has 0 unspecified atom stereocenters. The van der Waals surface area contributed by atoms with E-state index < -0.39 is 0 Å². The lowest BCUT2D eigenvalue weighted by molar-refractivity contribution is 0.250. The van der Waals surface area contributed by atoms with Crippen molar-refractivity contribution in [2.75, 3.05) is 7.05 Å². The van der Waals surface area contributed by atoms with Gasteiger partial charge in [0.2, 0.25) is 0 Å². The van der Waals surface area contributed by atoms with Gasteiger partial charge in [-0.25, -0.2) is 4.39 Å². The molecule has 0 bridgehead atoms. The second kappa shape index (κ2) is 5.73. The molecule has 0 saturated carbocycles. The smallest absolute Gasteiger partial charge is 0.138 e. The Labute approximate surface area is 114 Å². The molecular formula is C12H13ClFN3S. The first-order valence-corrected chi connectivity index (χ1v) is 6.65. The summed E-state index contributed by atoms with van der Waals surface area (Å²) in [6, 6.07) is 6.67. The van der Waals surface area contributed by atoms with Crippen LogP contribution in [0.5, 0.6) is 0 Å². The Balaban J connectivity index is 2.07. The molecule has 1 aromatic heterocycles. The quantitative estimate of drug-likeness (QED) is 0.861. The molecule has 2 rings (SSSR count). The van der Waals surface area contributed by atoms with E-state index in [9.17, 15) is 4.39 Å². The minimum absolute atomic E-state index is 0.156. The van der Waals surface area contributed by atoms with Crippen LogP contribution < -0.4 is 0 Å². The molecule has 2 aromatic rings. The van der Waals surface area contributed by atoms with Crippen LogP contribution in [-0.4, -0.2) is 21.5 Å². The Kier molecular flexibility index (Phi) is 4.27. The molecule has 0 radical (unpaired) electrons. The van der Waals surface area contributed by atoms with Gasteiger partial charge in [-0.3, -0.25) is 4.90 Å². The standard InChI is InChI=1S/C12H13ClFN3S/c1-8(9-3-5-10(14)6-4-9)17(2)7-11-12(13)18-16-15-11/h3-6,8H,7H2,1-2H3/t8-/m0/s1. The van der Waals surface area contributed by atoms with Crippen LogP contribution in [0.15, 0.2) is 24.3 Å². The third-order valence-corrected chi connectivity index (χ3v) is 3.91. The summed E-state index contributed by atoms with van der Waals surface area (Å²) in [6.45, 7) is 2.68. The first-order valence-electron chi connectivity index (χ1n) is 5.50. The van der Waals surface area contributed by atoms with E-state index in [1.165, 1.54) is 23.7 Å². The Morgan fingerprint density at radius 2 is 2.06 bits per heavy atom. The van der Waals surface area contributed by atoms with Crippen LogP contribution >= 0.6 is 23.1 Å². The van der Waals surface area contributed by atoms with Crippen molar-refractivity contribution in [2.24, 2.45) is 0 Å². The molecule has 0 spiro atoms. The van der Waals surface area contributed by atoms with Crippen molar-refractivity contribution in [3.8, 4) is 0 Å². The molecule has 6 heteroatoms. The second-order valence-electron chi connectivity index (χ2n) is 4.14. The van der Waals surface area contributed by atoms with Gasteiger partial charge in [0.25, 0.3) is 0 Å². The topological polar surface area (TPSA) is 29.0 Å². The molecule has 0 N–H and O–H groups in total. The summed E-state index contributed by atoms with van der Waals surface area (Å²) in [5.41, 5.74) is 1.83. The van der Waals surface area contributed by atoms with Gasteiger partial charge in [-0.1, -0.05) is 28.2 Å². The summed E-state index contributed by atoms with van der Waals surface area (Å²) in [4.78, 5) is 2.09. The molecule has 0 aliphatic heterocycles. The highest BCUT2D eigenvalue weighted by atomic mass is 35.5. The maximum absolute atomic E-state index is 12.9. The first-order chi connectivity index (χ1) is 8.58. The second-order valence-corrected chi connectivity index (χ2v) is 5.49. The van der Waals surface area contributed by atoms with Gasteiger partial charge in [-0.05, 0) is 31.7 Å². The van der Waals surface area contributed by atoms with E-state index in [0.717, 1.165) is 11.3 Å². The lowest BCUT2D eigenvalue weighted by Crippen LogP contribution is -2.22. The van der Waals surface area contributed by atoms with Gasteiger partial charge in [0.05, 0.1) is 0 Å². The minimum Gasteiger partial charge on any atom is -0.294 e. The fraction of sp³-hybridized carbons (Fsp3) is 0.333. The zero-order chi connectivity index (χ0) is 13.1. The molecule has 0 aliphatic rings. The fourth-order valence-corrected chi connectivity index (χ4v) is 2.27. The Bertz CT molecular complexity index is 514. The summed E-state index contributed by atoms with van der Waals surface area (Å²) < 4.78 is 17.3. The normalized spacial score (nSPS) is 12.9.